The van der Waals surface area contributed by atoms with Gasteiger partial charge in [0.25, 0.3) is 0 Å². The topological polar surface area (TPSA) is 53.9 Å². The molecule has 3 rings (SSSR count). The number of piperidine rings is 1. The summed E-state index contributed by atoms with van der Waals surface area (Å²) in [6.07, 6.45) is 8.25. The monoisotopic (exact) mass is 311 g/mol. The molecule has 1 aliphatic heterocycles. The van der Waals surface area contributed by atoms with Crippen LogP contribution in [0, 0.1) is 5.92 Å². The van der Waals surface area contributed by atoms with Gasteiger partial charge in [0.2, 0.25) is 0 Å². The Morgan fingerprint density at radius 1 is 1.17 bits per heavy atom. The first kappa shape index (κ1) is 15.9. The number of likely N-dealkylation sites (tertiary alicyclic amines) is 1. The van der Waals surface area contributed by atoms with E-state index >= 15 is 0 Å². The average molecular weight is 311 g/mol. The first-order valence-electron chi connectivity index (χ1n) is 8.43. The second-order valence-corrected chi connectivity index (χ2v) is 6.42. The van der Waals surface area contributed by atoms with E-state index in [-0.39, 0.29) is 0 Å². The van der Waals surface area contributed by atoms with Crippen LogP contribution in [-0.4, -0.2) is 46.8 Å². The summed E-state index contributed by atoms with van der Waals surface area (Å²) in [4.78, 5) is 6.44. The molecule has 1 atom stereocenters. The Hall–Kier alpha value is -2.01. The zero-order chi connectivity index (χ0) is 15.9. The molecule has 23 heavy (non-hydrogen) atoms. The predicted octanol–water partition coefficient (Wildman–Crippen LogP) is 2.41. The van der Waals surface area contributed by atoms with Crippen molar-refractivity contribution in [1.29, 1.82) is 0 Å². The lowest BCUT2D eigenvalue weighted by Gasteiger charge is -2.29. The van der Waals surface area contributed by atoms with Gasteiger partial charge in [-0.05, 0) is 75.0 Å². The fraction of sp³-hybridized carbons (Fsp3) is 0.500. The van der Waals surface area contributed by atoms with Crippen molar-refractivity contribution >= 4 is 5.82 Å². The van der Waals surface area contributed by atoms with Gasteiger partial charge in [-0.2, -0.15) is 5.10 Å². The molecule has 0 bridgehead atoms. The highest BCUT2D eigenvalue weighted by Gasteiger charge is 2.18. The van der Waals surface area contributed by atoms with Crippen molar-refractivity contribution in [3.8, 4) is 0 Å². The average Bonchev–Trinajstić information content (AvgIpc) is 2.58. The van der Waals surface area contributed by atoms with Gasteiger partial charge in [0, 0.05) is 25.5 Å². The van der Waals surface area contributed by atoms with Crippen molar-refractivity contribution in [2.75, 3.05) is 32.0 Å². The summed E-state index contributed by atoms with van der Waals surface area (Å²) < 4.78 is 0. The number of nitrogens with one attached hydrogen (secondary N) is 1. The third kappa shape index (κ3) is 4.99. The zero-order valence-electron chi connectivity index (χ0n) is 13.8. The smallest absolute Gasteiger partial charge is 0.148 e. The van der Waals surface area contributed by atoms with Gasteiger partial charge in [0.15, 0.2) is 0 Å². The molecular weight excluding hydrogens is 286 g/mol. The van der Waals surface area contributed by atoms with Gasteiger partial charge in [0.05, 0.1) is 5.69 Å². The molecule has 1 aliphatic rings. The molecule has 5 nitrogen and oxygen atoms in total. The van der Waals surface area contributed by atoms with Gasteiger partial charge in [-0.1, -0.05) is 0 Å². The van der Waals surface area contributed by atoms with Gasteiger partial charge >= 0.3 is 0 Å². The Bertz CT molecular complexity index is 584. The Balaban J connectivity index is 1.45. The third-order valence-electron chi connectivity index (χ3n) is 4.41. The summed E-state index contributed by atoms with van der Waals surface area (Å²) in [7, 11) is 2.20. The molecule has 2 aromatic rings. The van der Waals surface area contributed by atoms with Crippen LogP contribution in [0.1, 0.15) is 24.1 Å². The van der Waals surface area contributed by atoms with Crippen molar-refractivity contribution < 1.29 is 0 Å². The first-order valence-corrected chi connectivity index (χ1v) is 8.43. The summed E-state index contributed by atoms with van der Waals surface area (Å²) in [5.41, 5.74) is 2.38. The van der Waals surface area contributed by atoms with Crippen molar-refractivity contribution in [2.24, 2.45) is 5.92 Å². The predicted molar refractivity (Wildman–Crippen MR) is 92.4 cm³/mol. The summed E-state index contributed by atoms with van der Waals surface area (Å²) >= 11 is 0. The van der Waals surface area contributed by atoms with E-state index in [1.54, 1.807) is 0 Å². The highest BCUT2D eigenvalue weighted by Crippen LogP contribution is 2.19. The SMILES string of the molecule is CN1CCCC(Cc2ccc(NCCc3ccncc3)nn2)C1. The molecule has 0 radical (unpaired) electrons. The van der Waals surface area contributed by atoms with E-state index in [9.17, 15) is 0 Å². The summed E-state index contributed by atoms with van der Waals surface area (Å²) in [5, 5.41) is 12.0. The fourth-order valence-corrected chi connectivity index (χ4v) is 3.18. The second kappa shape index (κ2) is 8.02. The Morgan fingerprint density at radius 2 is 2.04 bits per heavy atom. The normalized spacial score (nSPS) is 18.7. The fourth-order valence-electron chi connectivity index (χ4n) is 3.18. The van der Waals surface area contributed by atoms with E-state index in [0.29, 0.717) is 5.92 Å². The van der Waals surface area contributed by atoms with Gasteiger partial charge in [0.1, 0.15) is 5.82 Å². The Morgan fingerprint density at radius 3 is 2.78 bits per heavy atom. The second-order valence-electron chi connectivity index (χ2n) is 6.42. The molecule has 1 saturated heterocycles. The van der Waals surface area contributed by atoms with Gasteiger partial charge in [-0.3, -0.25) is 4.98 Å². The van der Waals surface area contributed by atoms with Crippen LogP contribution in [0.15, 0.2) is 36.7 Å². The van der Waals surface area contributed by atoms with Crippen molar-refractivity contribution in [3.05, 3.63) is 47.9 Å². The molecule has 0 amide bonds. The van der Waals surface area contributed by atoms with E-state index in [1.165, 1.54) is 31.5 Å². The quantitative estimate of drug-likeness (QED) is 0.888. The number of nitrogens with zero attached hydrogens (tertiary/aromatic N) is 4. The van der Waals surface area contributed by atoms with Crippen LogP contribution in [0.3, 0.4) is 0 Å². The molecule has 1 N–H and O–H groups in total. The van der Waals surface area contributed by atoms with Crippen LogP contribution in [-0.2, 0) is 12.8 Å². The molecule has 0 saturated carbocycles. The number of anilines is 1. The number of pyridine rings is 1. The van der Waals surface area contributed by atoms with Crippen molar-refractivity contribution in [3.63, 3.8) is 0 Å². The lowest BCUT2D eigenvalue weighted by molar-refractivity contribution is 0.208. The first-order chi connectivity index (χ1) is 11.3. The maximum Gasteiger partial charge on any atom is 0.148 e. The van der Waals surface area contributed by atoms with Crippen LogP contribution in [0.4, 0.5) is 5.82 Å². The highest BCUT2D eigenvalue weighted by atomic mass is 15.2. The minimum absolute atomic E-state index is 0.716. The van der Waals surface area contributed by atoms with Crippen molar-refractivity contribution in [1.82, 2.24) is 20.1 Å². The Kier molecular flexibility index (Phi) is 5.53. The molecule has 1 unspecified atom stereocenters. The summed E-state index contributed by atoms with van der Waals surface area (Å²) in [6.45, 7) is 3.25. The van der Waals surface area contributed by atoms with Crippen LogP contribution < -0.4 is 5.32 Å². The molecule has 3 heterocycles. The molecule has 0 aromatic carbocycles. The maximum atomic E-state index is 4.38. The minimum atomic E-state index is 0.716. The van der Waals surface area contributed by atoms with Crippen LogP contribution >= 0.6 is 0 Å². The highest BCUT2D eigenvalue weighted by molar-refractivity contribution is 5.33. The van der Waals surface area contributed by atoms with Crippen LogP contribution in [0.25, 0.3) is 0 Å². The van der Waals surface area contributed by atoms with Crippen molar-refractivity contribution in [2.45, 2.75) is 25.7 Å². The van der Waals surface area contributed by atoms with E-state index < -0.39 is 0 Å². The zero-order valence-corrected chi connectivity index (χ0v) is 13.8. The lowest BCUT2D eigenvalue weighted by atomic mass is 9.94. The molecule has 2 aromatic heterocycles. The van der Waals surface area contributed by atoms with Gasteiger partial charge in [-0.25, -0.2) is 0 Å². The van der Waals surface area contributed by atoms with E-state index in [1.807, 2.05) is 30.6 Å². The van der Waals surface area contributed by atoms with E-state index in [4.69, 9.17) is 0 Å². The van der Waals surface area contributed by atoms with E-state index in [2.05, 4.69) is 38.5 Å². The van der Waals surface area contributed by atoms with Crippen LogP contribution in [0.2, 0.25) is 0 Å². The number of hydrogen-bond acceptors (Lipinski definition) is 5. The number of aromatic nitrogens is 3. The molecule has 122 valence electrons. The van der Waals surface area contributed by atoms with Gasteiger partial charge < -0.3 is 10.2 Å². The van der Waals surface area contributed by atoms with Crippen LogP contribution in [0.5, 0.6) is 0 Å². The number of hydrogen-bond donors (Lipinski definition) is 1. The minimum Gasteiger partial charge on any atom is -0.368 e. The Labute approximate surface area is 138 Å². The maximum absolute atomic E-state index is 4.38. The summed E-state index contributed by atoms with van der Waals surface area (Å²) in [5.74, 6) is 1.57. The molecule has 5 heteroatoms. The lowest BCUT2D eigenvalue weighted by Crippen LogP contribution is -2.33. The third-order valence-corrected chi connectivity index (χ3v) is 4.41. The largest absolute Gasteiger partial charge is 0.368 e. The molecule has 0 spiro atoms. The standard InChI is InChI=1S/C18H25N5/c1-23-12-2-3-16(14-23)13-17-4-5-18(22-21-17)20-11-8-15-6-9-19-10-7-15/h4-7,9-10,16H,2-3,8,11-14H2,1H3,(H,20,22). The van der Waals surface area contributed by atoms with Gasteiger partial charge in [-0.15, -0.1) is 5.10 Å². The summed E-state index contributed by atoms with van der Waals surface area (Å²) in [6, 6.07) is 8.23. The molecule has 0 aliphatic carbocycles. The number of rotatable bonds is 6. The van der Waals surface area contributed by atoms with E-state index in [0.717, 1.165) is 30.9 Å². The molecule has 1 fully saturated rings. The molecular formula is C18H25N5.